The van der Waals surface area contributed by atoms with Gasteiger partial charge in [-0.3, -0.25) is 9.89 Å². The Balaban J connectivity index is 1.79. The normalized spacial score (nSPS) is 11.3. The van der Waals surface area contributed by atoms with Crippen LogP contribution in [0.15, 0.2) is 35.1 Å². The molecule has 0 saturated carbocycles. The van der Waals surface area contributed by atoms with Crippen LogP contribution in [0.25, 0.3) is 5.78 Å². The third-order valence-corrected chi connectivity index (χ3v) is 3.85. The number of benzene rings is 1. The zero-order valence-corrected chi connectivity index (χ0v) is 14.3. The number of H-pyrrole nitrogens is 1. The Morgan fingerprint density at radius 3 is 2.79 bits per heavy atom. The van der Waals surface area contributed by atoms with E-state index in [1.165, 1.54) is 10.6 Å². The van der Waals surface area contributed by atoms with Gasteiger partial charge in [0.05, 0.1) is 5.69 Å². The summed E-state index contributed by atoms with van der Waals surface area (Å²) in [6, 6.07) is 9.37. The molecule has 126 valence electrons. The fraction of sp³-hybridized carbons (Fsp3) is 0.312. The van der Waals surface area contributed by atoms with Crippen molar-refractivity contribution in [2.75, 3.05) is 5.32 Å². The molecule has 7 nitrogen and oxygen atoms in total. The second-order valence-corrected chi connectivity index (χ2v) is 6.18. The Morgan fingerprint density at radius 2 is 2.04 bits per heavy atom. The third-order valence-electron chi connectivity index (χ3n) is 3.48. The zero-order valence-electron chi connectivity index (χ0n) is 13.5. The van der Waals surface area contributed by atoms with Gasteiger partial charge in [0.1, 0.15) is 0 Å². The summed E-state index contributed by atoms with van der Waals surface area (Å²) in [6.45, 7) is 5.10. The van der Waals surface area contributed by atoms with Crippen molar-refractivity contribution in [3.05, 3.63) is 57.0 Å². The molecule has 0 atom stereocenters. The van der Waals surface area contributed by atoms with E-state index >= 15 is 0 Å². The monoisotopic (exact) mass is 346 g/mol. The number of halogens is 1. The maximum Gasteiger partial charge on any atom is 0.274 e. The highest BCUT2D eigenvalue weighted by atomic mass is 35.5. The molecule has 1 aromatic carbocycles. The summed E-state index contributed by atoms with van der Waals surface area (Å²) in [5, 5.41) is 9.94. The highest BCUT2D eigenvalue weighted by Crippen LogP contribution is 2.15. The van der Waals surface area contributed by atoms with Crippen LogP contribution in [0.1, 0.15) is 25.1 Å². The van der Waals surface area contributed by atoms with Crippen LogP contribution < -0.4 is 16.2 Å². The van der Waals surface area contributed by atoms with E-state index in [0.717, 1.165) is 5.56 Å². The molecule has 3 aromatic rings. The van der Waals surface area contributed by atoms with E-state index in [9.17, 15) is 4.79 Å². The molecular weight excluding hydrogens is 328 g/mol. The van der Waals surface area contributed by atoms with Crippen LogP contribution in [-0.4, -0.2) is 25.6 Å². The Hall–Kier alpha value is -2.38. The molecule has 0 aliphatic rings. The largest absolute Gasteiger partial charge is 0.350 e. The highest BCUT2D eigenvalue weighted by molar-refractivity contribution is 6.31. The van der Waals surface area contributed by atoms with Crippen LogP contribution in [0.2, 0.25) is 5.02 Å². The molecule has 3 N–H and O–H groups in total. The van der Waals surface area contributed by atoms with Crippen molar-refractivity contribution in [2.45, 2.75) is 33.0 Å². The first-order valence-corrected chi connectivity index (χ1v) is 8.10. The van der Waals surface area contributed by atoms with Gasteiger partial charge >= 0.3 is 0 Å². The van der Waals surface area contributed by atoms with Gasteiger partial charge in [-0.1, -0.05) is 43.6 Å². The quantitative estimate of drug-likeness (QED) is 0.637. The van der Waals surface area contributed by atoms with Crippen LogP contribution in [0, 0.1) is 0 Å². The van der Waals surface area contributed by atoms with E-state index in [0.29, 0.717) is 41.6 Å². The lowest BCUT2D eigenvalue weighted by Crippen LogP contribution is -2.24. The van der Waals surface area contributed by atoms with Gasteiger partial charge < -0.3 is 10.6 Å². The van der Waals surface area contributed by atoms with Gasteiger partial charge in [-0.15, -0.1) is 0 Å². The molecule has 2 aromatic heterocycles. The van der Waals surface area contributed by atoms with Gasteiger partial charge in [0.25, 0.3) is 11.3 Å². The summed E-state index contributed by atoms with van der Waals surface area (Å²) < 4.78 is 1.31. The van der Waals surface area contributed by atoms with Crippen LogP contribution in [0.3, 0.4) is 0 Å². The van der Waals surface area contributed by atoms with Gasteiger partial charge in [0.2, 0.25) is 5.95 Å². The minimum Gasteiger partial charge on any atom is -0.350 e. The standard InChI is InChI=1S/C16H19ClN6O/c1-10(2)18-9-12-7-14(24)23-16(20-12)21-15(22-23)19-8-11-5-3-4-6-13(11)17/h3-7,10,18H,8-9H2,1-2H3,(H2,19,20,21,22). The molecule has 0 unspecified atom stereocenters. The number of anilines is 1. The maximum atomic E-state index is 12.2. The lowest BCUT2D eigenvalue weighted by Gasteiger charge is -2.06. The maximum absolute atomic E-state index is 12.2. The summed E-state index contributed by atoms with van der Waals surface area (Å²) in [5.74, 6) is 0.804. The van der Waals surface area contributed by atoms with E-state index in [1.54, 1.807) is 0 Å². The minimum atomic E-state index is -0.196. The molecule has 0 aliphatic carbocycles. The Kier molecular flexibility index (Phi) is 4.82. The molecule has 0 fully saturated rings. The number of hydrogen-bond donors (Lipinski definition) is 3. The number of hydrogen-bond acceptors (Lipinski definition) is 5. The fourth-order valence-electron chi connectivity index (χ4n) is 2.23. The smallest absolute Gasteiger partial charge is 0.274 e. The molecule has 0 amide bonds. The predicted octanol–water partition coefficient (Wildman–Crippen LogP) is 2.18. The third kappa shape index (κ3) is 3.74. The molecule has 0 radical (unpaired) electrons. The first-order chi connectivity index (χ1) is 11.5. The van der Waals surface area contributed by atoms with Crippen molar-refractivity contribution < 1.29 is 0 Å². The SMILES string of the molecule is CC(C)NCc1cc(=O)n2[nH]c(NCc3ccccc3Cl)nc2n1. The molecule has 0 saturated heterocycles. The summed E-state index contributed by atoms with van der Waals surface area (Å²) in [7, 11) is 0. The van der Waals surface area contributed by atoms with E-state index in [2.05, 4.69) is 25.7 Å². The summed E-state index contributed by atoms with van der Waals surface area (Å²) in [4.78, 5) is 20.9. The van der Waals surface area contributed by atoms with E-state index < -0.39 is 0 Å². The highest BCUT2D eigenvalue weighted by Gasteiger charge is 2.09. The number of aromatic amines is 1. The summed E-state index contributed by atoms with van der Waals surface area (Å²) >= 11 is 6.13. The Labute approximate surface area is 144 Å². The Morgan fingerprint density at radius 1 is 1.25 bits per heavy atom. The van der Waals surface area contributed by atoms with Crippen molar-refractivity contribution in [1.29, 1.82) is 0 Å². The topological polar surface area (TPSA) is 87.1 Å². The van der Waals surface area contributed by atoms with Crippen LogP contribution >= 0.6 is 11.6 Å². The van der Waals surface area contributed by atoms with Crippen molar-refractivity contribution in [3.8, 4) is 0 Å². The van der Waals surface area contributed by atoms with Gasteiger partial charge in [0, 0.05) is 30.2 Å². The summed E-state index contributed by atoms with van der Waals surface area (Å²) in [5.41, 5.74) is 1.42. The minimum absolute atomic E-state index is 0.196. The van der Waals surface area contributed by atoms with E-state index in [1.807, 2.05) is 38.1 Å². The molecule has 3 rings (SSSR count). The van der Waals surface area contributed by atoms with Crippen LogP contribution in [-0.2, 0) is 13.1 Å². The van der Waals surface area contributed by atoms with Crippen molar-refractivity contribution in [2.24, 2.45) is 0 Å². The van der Waals surface area contributed by atoms with Gasteiger partial charge in [-0.25, -0.2) is 4.98 Å². The second-order valence-electron chi connectivity index (χ2n) is 5.77. The van der Waals surface area contributed by atoms with Gasteiger partial charge in [-0.2, -0.15) is 9.50 Å². The molecule has 0 spiro atoms. The number of fused-ring (bicyclic) bond motifs is 1. The first kappa shape index (κ1) is 16.5. The van der Waals surface area contributed by atoms with Crippen molar-refractivity contribution >= 4 is 23.3 Å². The Bertz CT molecular complexity index is 901. The van der Waals surface area contributed by atoms with Gasteiger partial charge in [0.15, 0.2) is 0 Å². The second kappa shape index (κ2) is 7.02. The van der Waals surface area contributed by atoms with E-state index in [4.69, 9.17) is 11.6 Å². The number of nitrogens with one attached hydrogen (secondary N) is 3. The average molecular weight is 347 g/mol. The zero-order chi connectivity index (χ0) is 17.1. The molecule has 0 aliphatic heterocycles. The van der Waals surface area contributed by atoms with E-state index in [-0.39, 0.29) is 5.56 Å². The molecule has 24 heavy (non-hydrogen) atoms. The lowest BCUT2D eigenvalue weighted by atomic mass is 10.2. The molecule has 8 heteroatoms. The van der Waals surface area contributed by atoms with Crippen LogP contribution in [0.5, 0.6) is 0 Å². The number of aromatic nitrogens is 4. The molecular formula is C16H19ClN6O. The number of rotatable bonds is 6. The van der Waals surface area contributed by atoms with Crippen molar-refractivity contribution in [1.82, 2.24) is 24.9 Å². The molecule has 0 bridgehead atoms. The average Bonchev–Trinajstić information content (AvgIpc) is 2.96. The summed E-state index contributed by atoms with van der Waals surface area (Å²) in [6.07, 6.45) is 0. The first-order valence-electron chi connectivity index (χ1n) is 7.72. The fourth-order valence-corrected chi connectivity index (χ4v) is 2.43. The predicted molar refractivity (Wildman–Crippen MR) is 94.4 cm³/mol. The van der Waals surface area contributed by atoms with Gasteiger partial charge in [-0.05, 0) is 11.6 Å². The lowest BCUT2D eigenvalue weighted by molar-refractivity contribution is 0.580. The van der Waals surface area contributed by atoms with Crippen LogP contribution in [0.4, 0.5) is 5.95 Å². The number of nitrogens with zero attached hydrogens (tertiary/aromatic N) is 3. The molecule has 2 heterocycles. The van der Waals surface area contributed by atoms with Crippen molar-refractivity contribution in [3.63, 3.8) is 0 Å².